The highest BCUT2D eigenvalue weighted by Gasteiger charge is 2.15. The van der Waals surface area contributed by atoms with Crippen LogP contribution in [0.15, 0.2) is 53.7 Å². The summed E-state index contributed by atoms with van der Waals surface area (Å²) in [6, 6.07) is 15.4. The van der Waals surface area contributed by atoms with Crippen molar-refractivity contribution in [3.05, 3.63) is 59.1 Å². The van der Waals surface area contributed by atoms with Crippen LogP contribution in [-0.2, 0) is 11.8 Å². The molecule has 0 unspecified atom stereocenters. The topological polar surface area (TPSA) is 59.8 Å². The fourth-order valence-corrected chi connectivity index (χ4v) is 3.68. The zero-order valence-corrected chi connectivity index (χ0v) is 17.0. The minimum Gasteiger partial charge on any atom is -0.325 e. The predicted molar refractivity (Wildman–Crippen MR) is 111 cm³/mol. The summed E-state index contributed by atoms with van der Waals surface area (Å²) in [5.41, 5.74) is 2.79. The Morgan fingerprint density at radius 1 is 1.15 bits per heavy atom. The van der Waals surface area contributed by atoms with Crippen LogP contribution in [0, 0.1) is 0 Å². The van der Waals surface area contributed by atoms with Gasteiger partial charge in [-0.1, -0.05) is 67.5 Å². The number of aromatic nitrogens is 3. The number of para-hydroxylation sites is 1. The number of nitrogens with one attached hydrogen (secondary N) is 1. The summed E-state index contributed by atoms with van der Waals surface area (Å²) in [7, 11) is 1.87. The van der Waals surface area contributed by atoms with Gasteiger partial charge in [-0.05, 0) is 29.7 Å². The van der Waals surface area contributed by atoms with E-state index in [1.807, 2.05) is 60.1 Å². The van der Waals surface area contributed by atoms with Gasteiger partial charge in [-0.25, -0.2) is 0 Å². The van der Waals surface area contributed by atoms with Crippen LogP contribution in [0.3, 0.4) is 0 Å². The first kappa shape index (κ1) is 19.5. The molecule has 0 saturated heterocycles. The summed E-state index contributed by atoms with van der Waals surface area (Å²) >= 11 is 7.59. The van der Waals surface area contributed by atoms with E-state index in [1.54, 1.807) is 0 Å². The molecule has 0 saturated carbocycles. The van der Waals surface area contributed by atoms with Gasteiger partial charge in [-0.3, -0.25) is 4.79 Å². The first-order chi connectivity index (χ1) is 13.0. The highest BCUT2D eigenvalue weighted by Crippen LogP contribution is 2.28. The van der Waals surface area contributed by atoms with Gasteiger partial charge in [0.25, 0.3) is 0 Å². The minimum absolute atomic E-state index is 0.0737. The summed E-state index contributed by atoms with van der Waals surface area (Å²) < 4.78 is 1.85. The van der Waals surface area contributed by atoms with Crippen molar-refractivity contribution < 1.29 is 4.79 Å². The Labute approximate surface area is 168 Å². The lowest BCUT2D eigenvalue weighted by Gasteiger charge is -2.13. The van der Waals surface area contributed by atoms with Crippen LogP contribution in [0.2, 0.25) is 5.02 Å². The van der Waals surface area contributed by atoms with Gasteiger partial charge < -0.3 is 9.88 Å². The van der Waals surface area contributed by atoms with Crippen molar-refractivity contribution in [2.24, 2.45) is 7.05 Å². The fraction of sp³-hybridized carbons (Fsp3) is 0.250. The molecule has 3 rings (SSSR count). The Balaban J connectivity index is 1.68. The van der Waals surface area contributed by atoms with E-state index in [1.165, 1.54) is 11.8 Å². The molecule has 0 fully saturated rings. The molecule has 0 aliphatic carbocycles. The van der Waals surface area contributed by atoms with Crippen LogP contribution in [0.5, 0.6) is 0 Å². The Hall–Kier alpha value is -2.31. The van der Waals surface area contributed by atoms with E-state index in [9.17, 15) is 4.79 Å². The maximum atomic E-state index is 12.4. The van der Waals surface area contributed by atoms with Crippen LogP contribution in [0.1, 0.15) is 25.3 Å². The molecule has 0 spiro atoms. The van der Waals surface area contributed by atoms with Crippen LogP contribution in [0.25, 0.3) is 11.4 Å². The van der Waals surface area contributed by atoms with Crippen molar-refractivity contribution in [3.63, 3.8) is 0 Å². The average molecular weight is 401 g/mol. The zero-order chi connectivity index (χ0) is 19.4. The van der Waals surface area contributed by atoms with Gasteiger partial charge in [-0.2, -0.15) is 0 Å². The van der Waals surface area contributed by atoms with E-state index in [0.29, 0.717) is 21.9 Å². The molecule has 0 atom stereocenters. The molecule has 140 valence electrons. The molecule has 1 N–H and O–H groups in total. The predicted octanol–water partition coefficient (Wildman–Crippen LogP) is 4.99. The number of hydrogen-bond acceptors (Lipinski definition) is 4. The lowest BCUT2D eigenvalue weighted by molar-refractivity contribution is -0.113. The maximum absolute atomic E-state index is 12.4. The van der Waals surface area contributed by atoms with Crippen molar-refractivity contribution in [2.45, 2.75) is 24.9 Å². The quantitative estimate of drug-likeness (QED) is 0.592. The molecule has 3 aromatic rings. The summed E-state index contributed by atoms with van der Waals surface area (Å²) in [4.78, 5) is 12.4. The van der Waals surface area contributed by atoms with Gasteiger partial charge in [0.15, 0.2) is 11.0 Å². The number of rotatable bonds is 6. The summed E-state index contributed by atoms with van der Waals surface area (Å²) in [5.74, 6) is 1.19. The molecule has 0 radical (unpaired) electrons. The van der Waals surface area contributed by atoms with Gasteiger partial charge in [0.2, 0.25) is 5.91 Å². The molecule has 1 heterocycles. The lowest BCUT2D eigenvalue weighted by atomic mass is 10.0. The molecule has 5 nitrogen and oxygen atoms in total. The summed E-state index contributed by atoms with van der Waals surface area (Å²) in [6.07, 6.45) is 0. The first-order valence-electron chi connectivity index (χ1n) is 8.63. The molecule has 27 heavy (non-hydrogen) atoms. The van der Waals surface area contributed by atoms with E-state index in [0.717, 1.165) is 16.8 Å². The number of amides is 1. The summed E-state index contributed by atoms with van der Waals surface area (Å²) in [6.45, 7) is 4.21. The van der Waals surface area contributed by atoms with Crippen molar-refractivity contribution in [2.75, 3.05) is 11.1 Å². The molecule has 1 aromatic heterocycles. The third-order valence-electron chi connectivity index (χ3n) is 4.14. The first-order valence-corrected chi connectivity index (χ1v) is 9.99. The normalized spacial score (nSPS) is 11.0. The molecular formula is C20H21ClN4OS. The Morgan fingerprint density at radius 2 is 1.85 bits per heavy atom. The van der Waals surface area contributed by atoms with E-state index >= 15 is 0 Å². The molecule has 0 aliphatic rings. The summed E-state index contributed by atoms with van der Waals surface area (Å²) in [5, 5.41) is 12.7. The SMILES string of the molecule is CC(C)c1ccccc1NC(=O)CSc1nnc(-c2ccccc2Cl)n1C. The van der Waals surface area contributed by atoms with E-state index in [2.05, 4.69) is 29.4 Å². The number of halogens is 1. The second-order valence-electron chi connectivity index (χ2n) is 6.42. The van der Waals surface area contributed by atoms with Crippen LogP contribution < -0.4 is 5.32 Å². The Kier molecular flexibility index (Phi) is 6.19. The molecule has 0 bridgehead atoms. The van der Waals surface area contributed by atoms with E-state index in [-0.39, 0.29) is 11.7 Å². The van der Waals surface area contributed by atoms with Crippen molar-refractivity contribution >= 4 is 35.0 Å². The number of benzene rings is 2. The standard InChI is InChI=1S/C20H21ClN4OS/c1-13(2)14-8-5-7-11-17(14)22-18(26)12-27-20-24-23-19(25(20)3)15-9-4-6-10-16(15)21/h4-11,13H,12H2,1-3H3,(H,22,26). The maximum Gasteiger partial charge on any atom is 0.234 e. The number of carbonyl (C=O) groups is 1. The number of thioether (sulfide) groups is 1. The second kappa shape index (κ2) is 8.59. The van der Waals surface area contributed by atoms with Gasteiger partial charge in [-0.15, -0.1) is 10.2 Å². The number of nitrogens with zero attached hydrogens (tertiary/aromatic N) is 3. The van der Waals surface area contributed by atoms with Gasteiger partial charge in [0, 0.05) is 18.3 Å². The smallest absolute Gasteiger partial charge is 0.234 e. The molecule has 0 aliphatic heterocycles. The van der Waals surface area contributed by atoms with Crippen LogP contribution in [-0.4, -0.2) is 26.4 Å². The van der Waals surface area contributed by atoms with Crippen LogP contribution >= 0.6 is 23.4 Å². The van der Waals surface area contributed by atoms with Crippen molar-refractivity contribution in [1.29, 1.82) is 0 Å². The fourth-order valence-electron chi connectivity index (χ4n) is 2.75. The van der Waals surface area contributed by atoms with Crippen LogP contribution in [0.4, 0.5) is 5.69 Å². The lowest BCUT2D eigenvalue weighted by Crippen LogP contribution is -2.16. The molecule has 7 heteroatoms. The monoisotopic (exact) mass is 400 g/mol. The van der Waals surface area contributed by atoms with Gasteiger partial charge in [0.05, 0.1) is 10.8 Å². The highest BCUT2D eigenvalue weighted by atomic mass is 35.5. The third kappa shape index (κ3) is 4.51. The van der Waals surface area contributed by atoms with E-state index < -0.39 is 0 Å². The zero-order valence-electron chi connectivity index (χ0n) is 15.4. The molecular weight excluding hydrogens is 380 g/mol. The minimum atomic E-state index is -0.0737. The average Bonchev–Trinajstić information content (AvgIpc) is 3.01. The third-order valence-corrected chi connectivity index (χ3v) is 5.49. The number of carbonyl (C=O) groups excluding carboxylic acids is 1. The highest BCUT2D eigenvalue weighted by molar-refractivity contribution is 7.99. The number of anilines is 1. The molecule has 2 aromatic carbocycles. The van der Waals surface area contributed by atoms with Crippen molar-refractivity contribution in [3.8, 4) is 11.4 Å². The second-order valence-corrected chi connectivity index (χ2v) is 7.77. The van der Waals surface area contributed by atoms with Crippen molar-refractivity contribution in [1.82, 2.24) is 14.8 Å². The Morgan fingerprint density at radius 3 is 2.59 bits per heavy atom. The Bertz CT molecular complexity index is 955. The van der Waals surface area contributed by atoms with E-state index in [4.69, 9.17) is 11.6 Å². The van der Waals surface area contributed by atoms with Gasteiger partial charge in [0.1, 0.15) is 0 Å². The largest absolute Gasteiger partial charge is 0.325 e. The molecule has 1 amide bonds. The van der Waals surface area contributed by atoms with Gasteiger partial charge >= 0.3 is 0 Å². The number of hydrogen-bond donors (Lipinski definition) is 1.